The lowest BCUT2D eigenvalue weighted by Gasteiger charge is -2.28. The topological polar surface area (TPSA) is 81.4 Å². The first-order valence-corrected chi connectivity index (χ1v) is 8.23. The number of anilines is 1. The van der Waals surface area contributed by atoms with Gasteiger partial charge < -0.3 is 10.5 Å². The Morgan fingerprint density at radius 3 is 2.70 bits per heavy atom. The van der Waals surface area contributed by atoms with Crippen LogP contribution in [0.4, 0.5) is 5.69 Å². The Hall–Kier alpha value is -0.820. The van der Waals surface area contributed by atoms with E-state index in [1.165, 1.54) is 6.07 Å². The zero-order chi connectivity index (χ0) is 15.1. The fourth-order valence-corrected chi connectivity index (χ4v) is 4.26. The van der Waals surface area contributed by atoms with Gasteiger partial charge in [-0.2, -0.15) is 0 Å². The Balaban J connectivity index is 2.39. The number of nitrogen functional groups attached to an aromatic ring is 1. The zero-order valence-corrected chi connectivity index (χ0v) is 13.3. The Bertz CT molecular complexity index is 633. The quantitative estimate of drug-likeness (QED) is 0.836. The number of hydrogen-bond donors (Lipinski definition) is 2. The molecule has 0 aliphatic carbocycles. The van der Waals surface area contributed by atoms with Crippen molar-refractivity contribution in [2.24, 2.45) is 0 Å². The number of ether oxygens (including phenoxy) is 1. The number of aryl methyl sites for hydroxylation is 1. The van der Waals surface area contributed by atoms with Gasteiger partial charge in [0.15, 0.2) is 0 Å². The van der Waals surface area contributed by atoms with Gasteiger partial charge in [-0.3, -0.25) is 0 Å². The van der Waals surface area contributed by atoms with Gasteiger partial charge >= 0.3 is 0 Å². The van der Waals surface area contributed by atoms with Crippen molar-refractivity contribution in [3.05, 3.63) is 22.7 Å². The number of nitrogens with two attached hydrogens (primary N) is 1. The first kappa shape index (κ1) is 15.6. The predicted octanol–water partition coefficient (Wildman–Crippen LogP) is 2.08. The molecular formula is C13H19ClN2O3S. The lowest BCUT2D eigenvalue weighted by Crippen LogP contribution is -2.50. The van der Waals surface area contributed by atoms with Gasteiger partial charge in [-0.15, -0.1) is 0 Å². The molecule has 0 spiro atoms. The molecule has 2 unspecified atom stereocenters. The Morgan fingerprint density at radius 2 is 2.15 bits per heavy atom. The first-order chi connectivity index (χ1) is 9.16. The summed E-state index contributed by atoms with van der Waals surface area (Å²) in [5.74, 6) is 0. The highest BCUT2D eigenvalue weighted by molar-refractivity contribution is 7.89. The van der Waals surface area contributed by atoms with Gasteiger partial charge in [-0.05, 0) is 44.9 Å². The van der Waals surface area contributed by atoms with Gasteiger partial charge in [0.1, 0.15) is 0 Å². The van der Waals surface area contributed by atoms with Crippen molar-refractivity contribution in [1.29, 1.82) is 0 Å². The van der Waals surface area contributed by atoms with Gasteiger partial charge in [0.05, 0.1) is 27.2 Å². The lowest BCUT2D eigenvalue weighted by atomic mass is 9.97. The highest BCUT2D eigenvalue weighted by Crippen LogP contribution is 2.30. The molecule has 0 aromatic heterocycles. The van der Waals surface area contributed by atoms with Crippen LogP contribution in [0.5, 0.6) is 0 Å². The lowest BCUT2D eigenvalue weighted by molar-refractivity contribution is 0.0957. The van der Waals surface area contributed by atoms with E-state index in [9.17, 15) is 8.42 Å². The summed E-state index contributed by atoms with van der Waals surface area (Å²) in [6.07, 6.45) is 0.456. The molecule has 1 saturated heterocycles. The molecule has 1 aromatic carbocycles. The van der Waals surface area contributed by atoms with E-state index in [1.807, 2.05) is 13.8 Å². The van der Waals surface area contributed by atoms with E-state index >= 15 is 0 Å². The monoisotopic (exact) mass is 318 g/mol. The third kappa shape index (κ3) is 2.79. The van der Waals surface area contributed by atoms with Crippen LogP contribution >= 0.6 is 11.6 Å². The maximum atomic E-state index is 12.6. The van der Waals surface area contributed by atoms with Crippen LogP contribution in [0.3, 0.4) is 0 Å². The van der Waals surface area contributed by atoms with Gasteiger partial charge in [-0.1, -0.05) is 11.6 Å². The van der Waals surface area contributed by atoms with Crippen molar-refractivity contribution in [1.82, 2.24) is 4.72 Å². The highest BCUT2D eigenvalue weighted by atomic mass is 35.5. The van der Waals surface area contributed by atoms with Gasteiger partial charge in [0, 0.05) is 6.61 Å². The minimum Gasteiger partial charge on any atom is -0.397 e. The van der Waals surface area contributed by atoms with Crippen molar-refractivity contribution in [2.45, 2.75) is 43.7 Å². The Labute approximate surface area is 124 Å². The van der Waals surface area contributed by atoms with Gasteiger partial charge in [0.2, 0.25) is 10.0 Å². The minimum atomic E-state index is -3.67. The van der Waals surface area contributed by atoms with E-state index in [-0.39, 0.29) is 16.7 Å². The average Bonchev–Trinajstić information content (AvgIpc) is 2.63. The summed E-state index contributed by atoms with van der Waals surface area (Å²) in [4.78, 5) is 0.153. The van der Waals surface area contributed by atoms with Crippen molar-refractivity contribution in [2.75, 3.05) is 12.3 Å². The molecule has 0 saturated carbocycles. The number of rotatable bonds is 3. The molecule has 1 aromatic rings. The van der Waals surface area contributed by atoms with E-state index in [4.69, 9.17) is 22.1 Å². The number of halogens is 1. The molecule has 2 atom stereocenters. The minimum absolute atomic E-state index is 0.153. The molecule has 1 fully saturated rings. The molecule has 112 valence electrons. The third-order valence-corrected chi connectivity index (χ3v) is 5.92. The van der Waals surface area contributed by atoms with E-state index in [2.05, 4.69) is 4.72 Å². The summed E-state index contributed by atoms with van der Waals surface area (Å²) in [5, 5.41) is 0.352. The molecule has 1 heterocycles. The Morgan fingerprint density at radius 1 is 1.50 bits per heavy atom. The number of sulfonamides is 1. The fraction of sp³-hybridized carbons (Fsp3) is 0.538. The third-order valence-electron chi connectivity index (χ3n) is 3.84. The van der Waals surface area contributed by atoms with Crippen LogP contribution in [-0.2, 0) is 14.8 Å². The van der Waals surface area contributed by atoms with E-state index in [0.717, 1.165) is 0 Å². The highest BCUT2D eigenvalue weighted by Gasteiger charge is 2.40. The Kier molecular flexibility index (Phi) is 4.03. The molecule has 0 amide bonds. The van der Waals surface area contributed by atoms with Crippen molar-refractivity contribution < 1.29 is 13.2 Å². The van der Waals surface area contributed by atoms with Crippen LogP contribution in [0.2, 0.25) is 5.02 Å². The van der Waals surface area contributed by atoms with Crippen LogP contribution in [0.25, 0.3) is 0 Å². The summed E-state index contributed by atoms with van der Waals surface area (Å²) < 4.78 is 33.3. The molecule has 20 heavy (non-hydrogen) atoms. The molecule has 2 rings (SSSR count). The van der Waals surface area contributed by atoms with E-state index < -0.39 is 15.6 Å². The smallest absolute Gasteiger partial charge is 0.241 e. The summed E-state index contributed by atoms with van der Waals surface area (Å²) in [5.41, 5.74) is 5.90. The standard InChI is InChI=1S/C13H19ClN2O3S/c1-8-6-10(14)11(15)7-12(8)20(17,18)16-13(3)4-5-19-9(13)2/h6-7,9,16H,4-5,15H2,1-3H3. The molecule has 1 aliphatic rings. The van der Waals surface area contributed by atoms with Crippen LogP contribution in [0.15, 0.2) is 17.0 Å². The fourth-order valence-electron chi connectivity index (χ4n) is 2.29. The molecule has 1 aliphatic heterocycles. The number of benzene rings is 1. The molecule has 7 heteroatoms. The molecule has 0 radical (unpaired) electrons. The molecule has 3 N–H and O–H groups in total. The second-order valence-electron chi connectivity index (χ2n) is 5.43. The van der Waals surface area contributed by atoms with Crippen molar-refractivity contribution >= 4 is 27.3 Å². The summed E-state index contributed by atoms with van der Waals surface area (Å²) in [7, 11) is -3.67. The summed E-state index contributed by atoms with van der Waals surface area (Å²) in [6.45, 7) is 5.94. The van der Waals surface area contributed by atoms with Gasteiger partial charge in [0.25, 0.3) is 0 Å². The largest absolute Gasteiger partial charge is 0.397 e. The van der Waals surface area contributed by atoms with Crippen LogP contribution < -0.4 is 10.5 Å². The normalized spacial score (nSPS) is 26.9. The van der Waals surface area contributed by atoms with Crippen LogP contribution in [-0.4, -0.2) is 26.7 Å². The average molecular weight is 319 g/mol. The van der Waals surface area contributed by atoms with Crippen LogP contribution in [0, 0.1) is 6.92 Å². The SMILES string of the molecule is Cc1cc(Cl)c(N)cc1S(=O)(=O)NC1(C)CCOC1C. The summed E-state index contributed by atoms with van der Waals surface area (Å²) in [6, 6.07) is 2.95. The summed E-state index contributed by atoms with van der Waals surface area (Å²) >= 11 is 5.90. The van der Waals surface area contributed by atoms with E-state index in [0.29, 0.717) is 23.6 Å². The maximum Gasteiger partial charge on any atom is 0.241 e. The number of nitrogens with one attached hydrogen (secondary N) is 1. The predicted molar refractivity (Wildman–Crippen MR) is 79.4 cm³/mol. The van der Waals surface area contributed by atoms with Crippen molar-refractivity contribution in [3.63, 3.8) is 0 Å². The number of hydrogen-bond acceptors (Lipinski definition) is 4. The maximum absolute atomic E-state index is 12.6. The second kappa shape index (κ2) is 5.18. The molecule has 0 bridgehead atoms. The molecule has 5 nitrogen and oxygen atoms in total. The van der Waals surface area contributed by atoms with E-state index in [1.54, 1.807) is 13.0 Å². The van der Waals surface area contributed by atoms with Gasteiger partial charge in [-0.25, -0.2) is 13.1 Å². The zero-order valence-electron chi connectivity index (χ0n) is 11.7. The molecular weight excluding hydrogens is 300 g/mol. The van der Waals surface area contributed by atoms with Crippen molar-refractivity contribution in [3.8, 4) is 0 Å². The first-order valence-electron chi connectivity index (χ1n) is 6.37. The second-order valence-corrected chi connectivity index (χ2v) is 7.48. The van der Waals surface area contributed by atoms with Crippen LogP contribution in [0.1, 0.15) is 25.8 Å².